The zero-order chi connectivity index (χ0) is 21.5. The molecule has 2 saturated heterocycles. The molecule has 9 nitrogen and oxygen atoms in total. The van der Waals surface area contributed by atoms with Crippen molar-refractivity contribution in [3.05, 3.63) is 41.0 Å². The number of sulfonamides is 1. The minimum atomic E-state index is -3.15. The number of aromatic nitrogens is 2. The van der Waals surface area contributed by atoms with Gasteiger partial charge in [0.2, 0.25) is 15.9 Å². The summed E-state index contributed by atoms with van der Waals surface area (Å²) in [5.74, 6) is 1.32. The Kier molecular flexibility index (Phi) is 5.54. The lowest BCUT2D eigenvalue weighted by atomic mass is 9.97. The van der Waals surface area contributed by atoms with Gasteiger partial charge in [-0.05, 0) is 43.9 Å². The number of carbonyl (C=O) groups is 1. The maximum Gasteiger partial charge on any atom is 0.321 e. The molecule has 2 aromatic rings. The van der Waals surface area contributed by atoms with E-state index in [1.807, 2.05) is 32.0 Å². The third-order valence-electron chi connectivity index (χ3n) is 5.90. The lowest BCUT2D eigenvalue weighted by Gasteiger charge is -2.37. The van der Waals surface area contributed by atoms with Crippen molar-refractivity contribution in [3.8, 4) is 0 Å². The third-order valence-corrected chi connectivity index (χ3v) is 7.20. The van der Waals surface area contributed by atoms with Crippen LogP contribution in [-0.2, 0) is 10.0 Å². The van der Waals surface area contributed by atoms with Crippen LogP contribution in [0.3, 0.4) is 0 Å². The molecule has 30 heavy (non-hydrogen) atoms. The zero-order valence-corrected chi connectivity index (χ0v) is 18.3. The third kappa shape index (κ3) is 4.34. The summed E-state index contributed by atoms with van der Waals surface area (Å²) in [4.78, 5) is 18.8. The van der Waals surface area contributed by atoms with E-state index < -0.39 is 10.0 Å². The van der Waals surface area contributed by atoms with E-state index in [1.54, 1.807) is 4.90 Å². The van der Waals surface area contributed by atoms with E-state index in [1.165, 1.54) is 10.6 Å². The number of rotatable bonds is 4. The lowest BCUT2D eigenvalue weighted by Crippen LogP contribution is -2.50. The summed E-state index contributed by atoms with van der Waals surface area (Å²) in [6, 6.07) is 5.84. The Bertz CT molecular complexity index is 1040. The predicted molar refractivity (Wildman–Crippen MR) is 112 cm³/mol. The molecule has 3 heterocycles. The van der Waals surface area contributed by atoms with Gasteiger partial charge >= 0.3 is 6.03 Å². The minimum Gasteiger partial charge on any atom is -0.339 e. The summed E-state index contributed by atoms with van der Waals surface area (Å²) in [6.45, 7) is 5.98. The molecule has 10 heteroatoms. The molecule has 2 aliphatic heterocycles. The molecule has 4 rings (SSSR count). The number of anilines is 1. The Balaban J connectivity index is 1.30. The van der Waals surface area contributed by atoms with Gasteiger partial charge < -0.3 is 14.7 Å². The van der Waals surface area contributed by atoms with Crippen molar-refractivity contribution in [1.29, 1.82) is 0 Å². The Labute approximate surface area is 176 Å². The van der Waals surface area contributed by atoms with Crippen LogP contribution in [0.15, 0.2) is 22.7 Å². The molecule has 2 aliphatic rings. The van der Waals surface area contributed by atoms with Crippen molar-refractivity contribution in [2.24, 2.45) is 0 Å². The Hall–Kier alpha value is -2.46. The van der Waals surface area contributed by atoms with E-state index in [-0.39, 0.29) is 17.9 Å². The fourth-order valence-electron chi connectivity index (χ4n) is 3.89. The second-order valence-corrected chi connectivity index (χ2v) is 10.3. The summed E-state index contributed by atoms with van der Waals surface area (Å²) in [7, 11) is -3.15. The molecule has 162 valence electrons. The van der Waals surface area contributed by atoms with E-state index in [4.69, 9.17) is 4.52 Å². The van der Waals surface area contributed by atoms with Crippen LogP contribution in [-0.4, -0.2) is 66.2 Å². The summed E-state index contributed by atoms with van der Waals surface area (Å²) >= 11 is 0. The van der Waals surface area contributed by atoms with Gasteiger partial charge in [-0.25, -0.2) is 17.5 Å². The first-order valence-corrected chi connectivity index (χ1v) is 12.0. The normalized spacial score (nSPS) is 19.0. The van der Waals surface area contributed by atoms with Gasteiger partial charge in [-0.1, -0.05) is 17.3 Å². The molecule has 0 unspecified atom stereocenters. The van der Waals surface area contributed by atoms with E-state index in [9.17, 15) is 13.2 Å². The van der Waals surface area contributed by atoms with Gasteiger partial charge in [0, 0.05) is 37.8 Å². The molecule has 1 aromatic heterocycles. The van der Waals surface area contributed by atoms with Crippen LogP contribution < -0.4 is 5.32 Å². The van der Waals surface area contributed by atoms with Crippen LogP contribution in [0.25, 0.3) is 0 Å². The van der Waals surface area contributed by atoms with E-state index in [0.717, 1.165) is 16.8 Å². The van der Waals surface area contributed by atoms with Gasteiger partial charge in [-0.2, -0.15) is 4.98 Å². The second kappa shape index (κ2) is 7.99. The monoisotopic (exact) mass is 433 g/mol. The number of nitrogens with zero attached hydrogens (tertiary/aromatic N) is 4. The van der Waals surface area contributed by atoms with Crippen molar-refractivity contribution < 1.29 is 17.7 Å². The number of amides is 2. The maximum absolute atomic E-state index is 12.5. The van der Waals surface area contributed by atoms with E-state index in [2.05, 4.69) is 15.5 Å². The molecule has 0 atom stereocenters. The number of hydrogen-bond donors (Lipinski definition) is 1. The summed E-state index contributed by atoms with van der Waals surface area (Å²) in [5, 5.41) is 7.08. The molecule has 1 aromatic carbocycles. The van der Waals surface area contributed by atoms with Crippen LogP contribution >= 0.6 is 0 Å². The molecule has 0 radical (unpaired) electrons. The van der Waals surface area contributed by atoms with Gasteiger partial charge in [0.1, 0.15) is 0 Å². The highest BCUT2D eigenvalue weighted by Crippen LogP contribution is 2.31. The Morgan fingerprint density at radius 1 is 1.17 bits per heavy atom. The van der Waals surface area contributed by atoms with Gasteiger partial charge in [-0.15, -0.1) is 0 Å². The number of likely N-dealkylation sites (tertiary alicyclic amines) is 1. The number of carbonyl (C=O) groups excluding carboxylic acids is 1. The molecule has 0 saturated carbocycles. The number of benzene rings is 1. The van der Waals surface area contributed by atoms with Crippen LogP contribution in [0.4, 0.5) is 10.5 Å². The van der Waals surface area contributed by atoms with Crippen LogP contribution in [0, 0.1) is 13.8 Å². The van der Waals surface area contributed by atoms with Gasteiger partial charge in [0.05, 0.1) is 12.2 Å². The molecule has 0 aliphatic carbocycles. The van der Waals surface area contributed by atoms with E-state index in [0.29, 0.717) is 50.7 Å². The maximum atomic E-state index is 12.5. The van der Waals surface area contributed by atoms with E-state index >= 15 is 0 Å². The zero-order valence-electron chi connectivity index (χ0n) is 17.5. The van der Waals surface area contributed by atoms with Gasteiger partial charge in [0.25, 0.3) is 0 Å². The Morgan fingerprint density at radius 3 is 2.53 bits per heavy atom. The first kappa shape index (κ1) is 20.8. The molecule has 2 fully saturated rings. The minimum absolute atomic E-state index is 0.0340. The fraction of sp³-hybridized carbons (Fsp3) is 0.550. The highest BCUT2D eigenvalue weighted by atomic mass is 32.2. The first-order chi connectivity index (χ1) is 14.2. The van der Waals surface area contributed by atoms with Crippen molar-refractivity contribution >= 4 is 21.7 Å². The number of urea groups is 1. The SMILES string of the molecule is Cc1ccc(C)c(NC(=O)N2CC(c3nc(C4CCN(S(C)(=O)=O)CC4)no3)C2)c1. The van der Waals surface area contributed by atoms with Crippen molar-refractivity contribution in [2.75, 3.05) is 37.8 Å². The molecule has 2 amide bonds. The standard InChI is InChI=1S/C20H27N5O4S/c1-13-4-5-14(2)17(10-13)21-20(26)24-11-16(12-24)19-22-18(23-29-19)15-6-8-25(9-7-15)30(3,27)28/h4-5,10,15-16H,6-9,11-12H2,1-3H3,(H,21,26). The average Bonchev–Trinajstić information content (AvgIpc) is 3.12. The van der Waals surface area contributed by atoms with Crippen LogP contribution in [0.2, 0.25) is 0 Å². The second-order valence-electron chi connectivity index (χ2n) is 8.28. The van der Waals surface area contributed by atoms with Gasteiger partial charge in [-0.3, -0.25) is 0 Å². The largest absolute Gasteiger partial charge is 0.339 e. The van der Waals surface area contributed by atoms with Crippen molar-refractivity contribution in [3.63, 3.8) is 0 Å². The van der Waals surface area contributed by atoms with Crippen LogP contribution in [0.5, 0.6) is 0 Å². The molecular weight excluding hydrogens is 406 g/mol. The Morgan fingerprint density at radius 2 is 1.87 bits per heavy atom. The number of nitrogens with one attached hydrogen (secondary N) is 1. The molecule has 0 bridgehead atoms. The first-order valence-electron chi connectivity index (χ1n) is 10.1. The average molecular weight is 434 g/mol. The summed E-state index contributed by atoms with van der Waals surface area (Å²) in [6.07, 6.45) is 2.60. The fourth-order valence-corrected chi connectivity index (χ4v) is 4.76. The number of aryl methyl sites for hydroxylation is 2. The van der Waals surface area contributed by atoms with Crippen molar-refractivity contribution in [2.45, 2.75) is 38.5 Å². The highest BCUT2D eigenvalue weighted by molar-refractivity contribution is 7.88. The highest BCUT2D eigenvalue weighted by Gasteiger charge is 2.37. The quantitative estimate of drug-likeness (QED) is 0.793. The molecule has 0 spiro atoms. The predicted octanol–water partition coefficient (Wildman–Crippen LogP) is 2.46. The van der Waals surface area contributed by atoms with Crippen molar-refractivity contribution in [1.82, 2.24) is 19.3 Å². The topological polar surface area (TPSA) is 109 Å². The smallest absolute Gasteiger partial charge is 0.321 e. The summed E-state index contributed by atoms with van der Waals surface area (Å²) in [5.41, 5.74) is 2.94. The molecule has 1 N–H and O–H groups in total. The van der Waals surface area contributed by atoms with Crippen LogP contribution in [0.1, 0.15) is 47.5 Å². The van der Waals surface area contributed by atoms with Gasteiger partial charge in [0.15, 0.2) is 5.82 Å². The number of piperidine rings is 1. The molecular formula is C20H27N5O4S. The lowest BCUT2D eigenvalue weighted by molar-refractivity contribution is 0.147. The number of hydrogen-bond acceptors (Lipinski definition) is 6. The summed E-state index contributed by atoms with van der Waals surface area (Å²) < 4.78 is 30.2.